The molecule has 0 aliphatic heterocycles. The van der Waals surface area contributed by atoms with Crippen molar-refractivity contribution in [1.82, 2.24) is 10.6 Å². The maximum atomic E-state index is 5.13. The average molecular weight is 226 g/mol. The van der Waals surface area contributed by atoms with Crippen molar-refractivity contribution in [2.24, 2.45) is 0 Å². The van der Waals surface area contributed by atoms with Crippen LogP contribution in [0.5, 0.6) is 0 Å². The van der Waals surface area contributed by atoms with Crippen molar-refractivity contribution in [1.29, 1.82) is 0 Å². The number of ether oxygens (including phenoxy) is 1. The third-order valence-corrected chi connectivity index (χ3v) is 2.72. The largest absolute Gasteiger partial charge is 0.360 e. The molecule has 4 heteroatoms. The van der Waals surface area contributed by atoms with E-state index in [9.17, 15) is 0 Å². The predicted octanol–water partition coefficient (Wildman–Crippen LogP) is 1.39. The molecule has 1 rings (SSSR count). The SMILES string of the molecule is C#CCOCNC(=S)NC1CCCCC1. The van der Waals surface area contributed by atoms with Gasteiger partial charge in [-0.05, 0) is 25.1 Å². The van der Waals surface area contributed by atoms with E-state index in [-0.39, 0.29) is 0 Å². The topological polar surface area (TPSA) is 33.3 Å². The third kappa shape index (κ3) is 5.60. The molecule has 0 radical (unpaired) electrons. The zero-order chi connectivity index (χ0) is 10.9. The Labute approximate surface area is 97.0 Å². The van der Waals surface area contributed by atoms with Crippen LogP contribution in [-0.2, 0) is 4.74 Å². The molecule has 1 saturated carbocycles. The maximum absolute atomic E-state index is 5.13. The molecular weight excluding hydrogens is 208 g/mol. The van der Waals surface area contributed by atoms with Gasteiger partial charge in [-0.15, -0.1) is 6.42 Å². The van der Waals surface area contributed by atoms with Gasteiger partial charge in [-0.3, -0.25) is 0 Å². The normalized spacial score (nSPS) is 16.7. The number of thiocarbonyl (C=S) groups is 1. The highest BCUT2D eigenvalue weighted by atomic mass is 32.1. The summed E-state index contributed by atoms with van der Waals surface area (Å²) in [7, 11) is 0. The molecule has 0 spiro atoms. The molecule has 2 N–H and O–H groups in total. The first-order valence-corrected chi connectivity index (χ1v) is 5.79. The molecule has 1 aliphatic rings. The standard InChI is InChI=1S/C11H18N2OS/c1-2-8-14-9-12-11(15)13-10-6-4-3-5-7-10/h1,10H,3-9H2,(H2,12,13,15). The number of nitrogens with one attached hydrogen (secondary N) is 2. The molecule has 0 heterocycles. The van der Waals surface area contributed by atoms with Crippen LogP contribution in [-0.4, -0.2) is 24.5 Å². The summed E-state index contributed by atoms with van der Waals surface area (Å²) in [5, 5.41) is 6.92. The van der Waals surface area contributed by atoms with E-state index in [4.69, 9.17) is 23.4 Å². The summed E-state index contributed by atoms with van der Waals surface area (Å²) in [6.45, 7) is 0.696. The lowest BCUT2D eigenvalue weighted by Gasteiger charge is -2.24. The van der Waals surface area contributed by atoms with Crippen LogP contribution < -0.4 is 10.6 Å². The summed E-state index contributed by atoms with van der Waals surface area (Å²) < 4.78 is 5.07. The van der Waals surface area contributed by atoms with Crippen LogP contribution in [0.2, 0.25) is 0 Å². The molecular formula is C11H18N2OS. The second-order valence-electron chi connectivity index (χ2n) is 3.68. The summed E-state index contributed by atoms with van der Waals surface area (Å²) in [6, 6.07) is 0.534. The molecule has 3 nitrogen and oxygen atoms in total. The van der Waals surface area contributed by atoms with Crippen LogP contribution in [0.15, 0.2) is 0 Å². The highest BCUT2D eigenvalue weighted by Crippen LogP contribution is 2.16. The summed E-state index contributed by atoms with van der Waals surface area (Å²) in [5.74, 6) is 2.40. The van der Waals surface area contributed by atoms with Crippen LogP contribution >= 0.6 is 12.2 Å². The van der Waals surface area contributed by atoms with E-state index >= 15 is 0 Å². The van der Waals surface area contributed by atoms with E-state index in [0.717, 1.165) is 0 Å². The Balaban J connectivity index is 2.04. The first-order valence-electron chi connectivity index (χ1n) is 5.38. The third-order valence-electron chi connectivity index (χ3n) is 2.46. The van der Waals surface area contributed by atoms with E-state index in [1.807, 2.05) is 0 Å². The Morgan fingerprint density at radius 1 is 1.40 bits per heavy atom. The number of rotatable bonds is 4. The molecule has 1 aliphatic carbocycles. The van der Waals surface area contributed by atoms with Gasteiger partial charge in [-0.2, -0.15) is 0 Å². The highest BCUT2D eigenvalue weighted by molar-refractivity contribution is 7.80. The number of hydrogen-bond donors (Lipinski definition) is 2. The fraction of sp³-hybridized carbons (Fsp3) is 0.727. The minimum absolute atomic E-state index is 0.318. The lowest BCUT2D eigenvalue weighted by Crippen LogP contribution is -2.43. The Morgan fingerprint density at radius 2 is 2.13 bits per heavy atom. The zero-order valence-electron chi connectivity index (χ0n) is 8.92. The van der Waals surface area contributed by atoms with E-state index in [0.29, 0.717) is 24.5 Å². The Morgan fingerprint density at radius 3 is 2.80 bits per heavy atom. The van der Waals surface area contributed by atoms with Gasteiger partial charge in [0.1, 0.15) is 13.3 Å². The van der Waals surface area contributed by atoms with Crippen molar-refractivity contribution < 1.29 is 4.74 Å². The highest BCUT2D eigenvalue weighted by Gasteiger charge is 2.13. The smallest absolute Gasteiger partial charge is 0.168 e. The number of terminal acetylenes is 1. The zero-order valence-corrected chi connectivity index (χ0v) is 9.74. The van der Waals surface area contributed by atoms with Crippen molar-refractivity contribution in [2.45, 2.75) is 38.1 Å². The molecule has 0 amide bonds. The van der Waals surface area contributed by atoms with Crippen LogP contribution in [0.1, 0.15) is 32.1 Å². The second-order valence-corrected chi connectivity index (χ2v) is 4.09. The van der Waals surface area contributed by atoms with Crippen molar-refractivity contribution in [3.8, 4) is 12.3 Å². The second kappa shape index (κ2) is 7.49. The fourth-order valence-electron chi connectivity index (χ4n) is 1.71. The summed E-state index contributed by atoms with van der Waals surface area (Å²) >= 11 is 5.13. The Kier molecular flexibility index (Phi) is 6.14. The van der Waals surface area contributed by atoms with E-state index < -0.39 is 0 Å². The van der Waals surface area contributed by atoms with Gasteiger partial charge in [-0.25, -0.2) is 0 Å². The minimum atomic E-state index is 0.318. The van der Waals surface area contributed by atoms with E-state index in [2.05, 4.69) is 16.6 Å². The van der Waals surface area contributed by atoms with Gasteiger partial charge in [-0.1, -0.05) is 25.2 Å². The van der Waals surface area contributed by atoms with Gasteiger partial charge in [0.2, 0.25) is 0 Å². The van der Waals surface area contributed by atoms with Crippen LogP contribution in [0.3, 0.4) is 0 Å². The van der Waals surface area contributed by atoms with Crippen molar-refractivity contribution in [3.05, 3.63) is 0 Å². The van der Waals surface area contributed by atoms with Gasteiger partial charge in [0.05, 0.1) is 0 Å². The molecule has 0 aromatic heterocycles. The maximum Gasteiger partial charge on any atom is 0.168 e. The number of hydrogen-bond acceptors (Lipinski definition) is 2. The predicted molar refractivity (Wildman–Crippen MR) is 65.4 cm³/mol. The van der Waals surface area contributed by atoms with Crippen molar-refractivity contribution >= 4 is 17.3 Å². The van der Waals surface area contributed by atoms with Gasteiger partial charge >= 0.3 is 0 Å². The molecule has 0 aromatic carbocycles. The van der Waals surface area contributed by atoms with E-state index in [1.54, 1.807) is 0 Å². The lowest BCUT2D eigenvalue weighted by atomic mass is 9.96. The van der Waals surface area contributed by atoms with Crippen LogP contribution in [0.25, 0.3) is 0 Å². The van der Waals surface area contributed by atoms with E-state index in [1.165, 1.54) is 32.1 Å². The Bertz CT molecular complexity index is 231. The molecule has 1 fully saturated rings. The van der Waals surface area contributed by atoms with Gasteiger partial charge in [0.25, 0.3) is 0 Å². The lowest BCUT2D eigenvalue weighted by molar-refractivity contribution is 0.161. The quantitative estimate of drug-likeness (QED) is 0.328. The fourth-order valence-corrected chi connectivity index (χ4v) is 1.94. The minimum Gasteiger partial charge on any atom is -0.360 e. The van der Waals surface area contributed by atoms with Crippen molar-refractivity contribution in [2.75, 3.05) is 13.3 Å². The first kappa shape index (κ1) is 12.3. The summed E-state index contributed by atoms with van der Waals surface area (Å²) in [5.41, 5.74) is 0. The average Bonchev–Trinajstić information content (AvgIpc) is 2.26. The molecule has 0 aromatic rings. The monoisotopic (exact) mass is 226 g/mol. The first-order chi connectivity index (χ1) is 7.33. The molecule has 0 saturated heterocycles. The van der Waals surface area contributed by atoms with Crippen molar-refractivity contribution in [3.63, 3.8) is 0 Å². The molecule has 15 heavy (non-hydrogen) atoms. The van der Waals surface area contributed by atoms with Gasteiger partial charge in [0, 0.05) is 6.04 Å². The Hall–Kier alpha value is -0.790. The van der Waals surface area contributed by atoms with Gasteiger partial charge < -0.3 is 15.4 Å². The summed E-state index contributed by atoms with van der Waals surface area (Å²) in [4.78, 5) is 0. The van der Waals surface area contributed by atoms with Gasteiger partial charge in [0.15, 0.2) is 5.11 Å². The molecule has 0 atom stereocenters. The van der Waals surface area contributed by atoms with Crippen LogP contribution in [0.4, 0.5) is 0 Å². The summed E-state index contributed by atoms with van der Waals surface area (Å²) in [6.07, 6.45) is 11.4. The molecule has 0 unspecified atom stereocenters. The molecule has 0 bridgehead atoms. The van der Waals surface area contributed by atoms with Crippen LogP contribution in [0, 0.1) is 12.3 Å². The molecule has 84 valence electrons.